The Hall–Kier alpha value is -2.64. The second-order valence-electron chi connectivity index (χ2n) is 6.32. The highest BCUT2D eigenvalue weighted by atomic mass is 32.2. The largest absolute Gasteiger partial charge is 0.383 e. The molecule has 1 heterocycles. The number of methoxy groups -OCH3 is 1. The van der Waals surface area contributed by atoms with Crippen molar-refractivity contribution in [2.45, 2.75) is 30.4 Å². The van der Waals surface area contributed by atoms with Crippen molar-refractivity contribution in [1.29, 1.82) is 0 Å². The second-order valence-corrected chi connectivity index (χ2v) is 7.63. The molecule has 1 N–H and O–H groups in total. The number of hydrogen-bond acceptors (Lipinski definition) is 5. The topological polar surface area (TPSA) is 73.2 Å². The lowest BCUT2D eigenvalue weighted by atomic mass is 10.2. The molecule has 0 saturated heterocycles. The lowest BCUT2D eigenvalue weighted by molar-refractivity contribution is -0.120. The fourth-order valence-electron chi connectivity index (χ4n) is 2.76. The zero-order chi connectivity index (χ0) is 19.9. The first-order valence-electron chi connectivity index (χ1n) is 9.07. The molecule has 1 atom stereocenters. The van der Waals surface area contributed by atoms with Gasteiger partial charge in [0.2, 0.25) is 5.91 Å². The summed E-state index contributed by atoms with van der Waals surface area (Å²) in [6, 6.07) is 17.0. The SMILES string of the molecule is COCCn1c(S[C@@H](C)C(=O)NCc2ccccc2)nc2ccccc2c1=O. The van der Waals surface area contributed by atoms with Gasteiger partial charge < -0.3 is 10.1 Å². The van der Waals surface area contributed by atoms with Gasteiger partial charge in [0.1, 0.15) is 0 Å². The number of carbonyl (C=O) groups is 1. The third-order valence-corrected chi connectivity index (χ3v) is 5.40. The fourth-order valence-corrected chi connectivity index (χ4v) is 3.72. The van der Waals surface area contributed by atoms with E-state index >= 15 is 0 Å². The van der Waals surface area contributed by atoms with Crippen LogP contribution in [0.2, 0.25) is 0 Å². The molecule has 146 valence electrons. The van der Waals surface area contributed by atoms with Crippen LogP contribution in [0.4, 0.5) is 0 Å². The number of rotatable bonds is 8. The van der Waals surface area contributed by atoms with Crippen LogP contribution in [0.3, 0.4) is 0 Å². The molecule has 6 nitrogen and oxygen atoms in total. The minimum atomic E-state index is -0.398. The van der Waals surface area contributed by atoms with Gasteiger partial charge >= 0.3 is 0 Å². The second kappa shape index (κ2) is 9.52. The summed E-state index contributed by atoms with van der Waals surface area (Å²) in [6.45, 7) is 3.05. The molecule has 3 aromatic rings. The van der Waals surface area contributed by atoms with Gasteiger partial charge in [-0.1, -0.05) is 54.2 Å². The van der Waals surface area contributed by atoms with Crippen LogP contribution < -0.4 is 10.9 Å². The van der Waals surface area contributed by atoms with Crippen molar-refractivity contribution >= 4 is 28.6 Å². The lowest BCUT2D eigenvalue weighted by Crippen LogP contribution is -2.32. The summed E-state index contributed by atoms with van der Waals surface area (Å²) in [4.78, 5) is 30.0. The number of aromatic nitrogens is 2. The van der Waals surface area contributed by atoms with E-state index in [4.69, 9.17) is 4.74 Å². The molecule has 0 bridgehead atoms. The number of amides is 1. The number of benzene rings is 2. The zero-order valence-electron chi connectivity index (χ0n) is 15.9. The maximum absolute atomic E-state index is 12.9. The van der Waals surface area contributed by atoms with Gasteiger partial charge in [-0.05, 0) is 24.6 Å². The smallest absolute Gasteiger partial charge is 0.262 e. The average Bonchev–Trinajstić information content (AvgIpc) is 2.72. The normalized spacial score (nSPS) is 12.1. The van der Waals surface area contributed by atoms with E-state index in [1.807, 2.05) is 55.5 Å². The maximum Gasteiger partial charge on any atom is 0.262 e. The highest BCUT2D eigenvalue weighted by Crippen LogP contribution is 2.22. The van der Waals surface area contributed by atoms with Crippen LogP contribution in [0.25, 0.3) is 10.9 Å². The minimum absolute atomic E-state index is 0.102. The van der Waals surface area contributed by atoms with E-state index in [9.17, 15) is 9.59 Å². The molecule has 0 spiro atoms. The van der Waals surface area contributed by atoms with Crippen molar-refractivity contribution in [3.8, 4) is 0 Å². The van der Waals surface area contributed by atoms with Gasteiger partial charge in [0.25, 0.3) is 5.56 Å². The molecule has 0 fully saturated rings. The van der Waals surface area contributed by atoms with Crippen molar-refractivity contribution in [3.05, 3.63) is 70.5 Å². The summed E-state index contributed by atoms with van der Waals surface area (Å²) in [7, 11) is 1.59. The van der Waals surface area contributed by atoms with Crippen LogP contribution in [0.1, 0.15) is 12.5 Å². The molecule has 2 aromatic carbocycles. The molecule has 0 unspecified atom stereocenters. The maximum atomic E-state index is 12.9. The quantitative estimate of drug-likeness (QED) is 0.467. The van der Waals surface area contributed by atoms with Crippen molar-refractivity contribution in [2.75, 3.05) is 13.7 Å². The number of ether oxygens (including phenoxy) is 1. The van der Waals surface area contributed by atoms with Crippen molar-refractivity contribution in [2.24, 2.45) is 0 Å². The Morgan fingerprint density at radius 1 is 1.18 bits per heavy atom. The molecule has 1 amide bonds. The molecule has 1 aromatic heterocycles. The van der Waals surface area contributed by atoms with Gasteiger partial charge in [0, 0.05) is 13.7 Å². The van der Waals surface area contributed by atoms with Gasteiger partial charge in [-0.25, -0.2) is 4.98 Å². The first kappa shape index (κ1) is 20.1. The molecule has 7 heteroatoms. The van der Waals surface area contributed by atoms with E-state index < -0.39 is 5.25 Å². The molecule has 3 rings (SSSR count). The molecule has 0 radical (unpaired) electrons. The van der Waals surface area contributed by atoms with Gasteiger partial charge in [-0.3, -0.25) is 14.2 Å². The summed E-state index contributed by atoms with van der Waals surface area (Å²) in [6.07, 6.45) is 0. The Bertz CT molecular complexity index is 1000. The Labute approximate surface area is 167 Å². The zero-order valence-corrected chi connectivity index (χ0v) is 16.7. The number of fused-ring (bicyclic) bond motifs is 1. The van der Waals surface area contributed by atoms with Crippen LogP contribution in [-0.4, -0.2) is 34.4 Å². The first-order valence-corrected chi connectivity index (χ1v) is 9.95. The van der Waals surface area contributed by atoms with Crippen molar-refractivity contribution < 1.29 is 9.53 Å². The van der Waals surface area contributed by atoms with E-state index in [1.54, 1.807) is 17.7 Å². The number of nitrogens with zero attached hydrogens (tertiary/aromatic N) is 2. The third kappa shape index (κ3) is 4.79. The first-order chi connectivity index (χ1) is 13.6. The van der Waals surface area contributed by atoms with E-state index in [0.29, 0.717) is 35.8 Å². The highest BCUT2D eigenvalue weighted by molar-refractivity contribution is 8.00. The Kier molecular flexibility index (Phi) is 6.84. The molecular weight excluding hydrogens is 374 g/mol. The molecule has 0 saturated carbocycles. The monoisotopic (exact) mass is 397 g/mol. The van der Waals surface area contributed by atoms with E-state index in [2.05, 4.69) is 10.3 Å². The molecule has 28 heavy (non-hydrogen) atoms. The van der Waals surface area contributed by atoms with Crippen molar-refractivity contribution in [3.63, 3.8) is 0 Å². The van der Waals surface area contributed by atoms with Crippen molar-refractivity contribution in [1.82, 2.24) is 14.9 Å². The average molecular weight is 398 g/mol. The summed E-state index contributed by atoms with van der Waals surface area (Å²) in [5.41, 5.74) is 1.54. The predicted molar refractivity (Wildman–Crippen MR) is 111 cm³/mol. The van der Waals surface area contributed by atoms with Crippen LogP contribution in [0, 0.1) is 0 Å². The van der Waals surface area contributed by atoms with E-state index in [-0.39, 0.29) is 11.5 Å². The van der Waals surface area contributed by atoms with Crippen LogP contribution >= 0.6 is 11.8 Å². The summed E-state index contributed by atoms with van der Waals surface area (Å²) in [5, 5.41) is 3.61. The number of nitrogens with one attached hydrogen (secondary N) is 1. The van der Waals surface area contributed by atoms with Gasteiger partial charge in [-0.2, -0.15) is 0 Å². The number of hydrogen-bond donors (Lipinski definition) is 1. The van der Waals surface area contributed by atoms with Gasteiger partial charge in [0.05, 0.1) is 29.3 Å². The summed E-state index contributed by atoms with van der Waals surface area (Å²) < 4.78 is 6.71. The van der Waals surface area contributed by atoms with Crippen LogP contribution in [0.15, 0.2) is 64.5 Å². The molecule has 0 aliphatic carbocycles. The number of carbonyl (C=O) groups excluding carboxylic acids is 1. The Balaban J connectivity index is 1.79. The van der Waals surface area contributed by atoms with Gasteiger partial charge in [0.15, 0.2) is 5.16 Å². The summed E-state index contributed by atoms with van der Waals surface area (Å²) >= 11 is 1.28. The fraction of sp³-hybridized carbons (Fsp3) is 0.286. The number of thioether (sulfide) groups is 1. The van der Waals surface area contributed by atoms with E-state index in [0.717, 1.165) is 5.56 Å². The van der Waals surface area contributed by atoms with Gasteiger partial charge in [-0.15, -0.1) is 0 Å². The standard InChI is InChI=1S/C21H23N3O3S/c1-15(19(25)22-14-16-8-4-3-5-9-16)28-21-23-18-11-7-6-10-17(18)20(26)24(21)12-13-27-2/h3-11,15H,12-14H2,1-2H3,(H,22,25)/t15-/m0/s1. The lowest BCUT2D eigenvalue weighted by Gasteiger charge is -2.16. The van der Waals surface area contributed by atoms with Crippen LogP contribution in [0.5, 0.6) is 0 Å². The minimum Gasteiger partial charge on any atom is -0.383 e. The Morgan fingerprint density at radius 2 is 1.89 bits per heavy atom. The third-order valence-electron chi connectivity index (χ3n) is 4.31. The highest BCUT2D eigenvalue weighted by Gasteiger charge is 2.19. The summed E-state index contributed by atoms with van der Waals surface area (Å²) in [5.74, 6) is -0.102. The van der Waals surface area contributed by atoms with E-state index in [1.165, 1.54) is 11.8 Å². The number of para-hydroxylation sites is 1. The Morgan fingerprint density at radius 3 is 2.64 bits per heavy atom. The molecular formula is C21H23N3O3S. The molecule has 0 aliphatic heterocycles. The van der Waals surface area contributed by atoms with Crippen LogP contribution in [-0.2, 0) is 22.6 Å². The molecule has 0 aliphatic rings. The predicted octanol–water partition coefficient (Wildman–Crippen LogP) is 2.84.